The summed E-state index contributed by atoms with van der Waals surface area (Å²) in [6.45, 7) is 2.58. The molecule has 4 heterocycles. The minimum Gasteiger partial charge on any atom is -0.337 e. The normalized spacial score (nSPS) is 24.8. The lowest BCUT2D eigenvalue weighted by Gasteiger charge is -2.37. The van der Waals surface area contributed by atoms with Crippen LogP contribution in [0.2, 0.25) is 0 Å². The van der Waals surface area contributed by atoms with Crippen LogP contribution in [0.3, 0.4) is 0 Å². The number of benzene rings is 1. The first kappa shape index (κ1) is 18.3. The van der Waals surface area contributed by atoms with Crippen molar-refractivity contribution in [3.05, 3.63) is 72.2 Å². The molecule has 2 aromatic heterocycles. The Labute approximate surface area is 170 Å². The van der Waals surface area contributed by atoms with Crippen molar-refractivity contribution in [3.8, 4) is 0 Å². The fourth-order valence-corrected chi connectivity index (χ4v) is 4.91. The molecular formula is C23H27N5O. The van der Waals surface area contributed by atoms with Crippen molar-refractivity contribution < 1.29 is 4.79 Å². The predicted molar refractivity (Wildman–Crippen MR) is 112 cm³/mol. The number of aromatic nitrogens is 2. The molecule has 2 fully saturated rings. The molecule has 3 atom stereocenters. The van der Waals surface area contributed by atoms with Gasteiger partial charge in [0, 0.05) is 31.9 Å². The average Bonchev–Trinajstić information content (AvgIpc) is 3.41. The minimum atomic E-state index is 0.0824. The van der Waals surface area contributed by atoms with Crippen molar-refractivity contribution in [2.75, 3.05) is 19.6 Å². The number of piperidine rings is 1. The number of hydrazine groups is 1. The van der Waals surface area contributed by atoms with E-state index in [1.165, 1.54) is 5.56 Å². The van der Waals surface area contributed by atoms with E-state index in [0.717, 1.165) is 44.5 Å². The fourth-order valence-electron chi connectivity index (χ4n) is 4.91. The molecule has 2 saturated heterocycles. The van der Waals surface area contributed by atoms with E-state index in [2.05, 4.69) is 46.2 Å². The van der Waals surface area contributed by atoms with Crippen LogP contribution in [-0.2, 0) is 6.42 Å². The maximum Gasteiger partial charge on any atom is 0.272 e. The van der Waals surface area contributed by atoms with Gasteiger partial charge in [-0.2, -0.15) is 0 Å². The molecule has 6 heteroatoms. The van der Waals surface area contributed by atoms with Crippen molar-refractivity contribution in [3.63, 3.8) is 0 Å². The first-order valence-corrected chi connectivity index (χ1v) is 10.5. The summed E-state index contributed by atoms with van der Waals surface area (Å²) in [5.41, 5.74) is 9.73. The third-order valence-corrected chi connectivity index (χ3v) is 6.37. The Morgan fingerprint density at radius 1 is 1.14 bits per heavy atom. The number of rotatable bonds is 4. The number of fused-ring (bicyclic) bond motifs is 1. The van der Waals surface area contributed by atoms with Crippen LogP contribution in [0.15, 0.2) is 60.9 Å². The largest absolute Gasteiger partial charge is 0.337 e. The molecule has 0 aliphatic carbocycles. The third-order valence-electron chi connectivity index (χ3n) is 6.37. The highest BCUT2D eigenvalue weighted by molar-refractivity contribution is 5.93. The van der Waals surface area contributed by atoms with Crippen LogP contribution in [0.25, 0.3) is 5.65 Å². The Kier molecular flexibility index (Phi) is 5.04. The molecule has 1 aromatic carbocycles. The predicted octanol–water partition coefficient (Wildman–Crippen LogP) is 2.52. The van der Waals surface area contributed by atoms with Gasteiger partial charge in [0.25, 0.3) is 5.91 Å². The monoisotopic (exact) mass is 389 g/mol. The lowest BCUT2D eigenvalue weighted by molar-refractivity contribution is 0.0628. The zero-order valence-corrected chi connectivity index (χ0v) is 16.5. The zero-order chi connectivity index (χ0) is 19.6. The number of nitrogens with one attached hydrogen (secondary N) is 2. The van der Waals surface area contributed by atoms with Crippen LogP contribution in [0.5, 0.6) is 0 Å². The summed E-state index contributed by atoms with van der Waals surface area (Å²) >= 11 is 0. The summed E-state index contributed by atoms with van der Waals surface area (Å²) < 4.78 is 1.89. The smallest absolute Gasteiger partial charge is 0.272 e. The van der Waals surface area contributed by atoms with Crippen molar-refractivity contribution in [2.45, 2.75) is 25.3 Å². The highest BCUT2D eigenvalue weighted by Gasteiger charge is 2.37. The molecule has 29 heavy (non-hydrogen) atoms. The number of pyridine rings is 1. The third kappa shape index (κ3) is 3.66. The summed E-state index contributed by atoms with van der Waals surface area (Å²) in [5, 5.41) is 0. The SMILES string of the molecule is O=C(c1cnc2ccccn12)N1CCCC(C2NNCC2Cc2ccccc2)C1. The van der Waals surface area contributed by atoms with E-state index >= 15 is 0 Å². The van der Waals surface area contributed by atoms with Crippen LogP contribution in [0, 0.1) is 11.8 Å². The second kappa shape index (κ2) is 7.97. The van der Waals surface area contributed by atoms with Crippen LogP contribution < -0.4 is 10.9 Å². The maximum absolute atomic E-state index is 13.2. The van der Waals surface area contributed by atoms with Gasteiger partial charge in [0.2, 0.25) is 0 Å². The lowest BCUT2D eigenvalue weighted by atomic mass is 9.81. The van der Waals surface area contributed by atoms with Crippen molar-refractivity contribution >= 4 is 11.6 Å². The molecule has 0 radical (unpaired) electrons. The van der Waals surface area contributed by atoms with E-state index in [9.17, 15) is 4.79 Å². The number of imidazole rings is 1. The van der Waals surface area contributed by atoms with Gasteiger partial charge in [-0.1, -0.05) is 36.4 Å². The second-order valence-electron chi connectivity index (χ2n) is 8.23. The molecule has 1 amide bonds. The molecule has 5 rings (SSSR count). The highest BCUT2D eigenvalue weighted by Crippen LogP contribution is 2.28. The lowest BCUT2D eigenvalue weighted by Crippen LogP contribution is -2.49. The number of hydrogen-bond acceptors (Lipinski definition) is 4. The Morgan fingerprint density at radius 3 is 2.90 bits per heavy atom. The highest BCUT2D eigenvalue weighted by atomic mass is 16.2. The summed E-state index contributed by atoms with van der Waals surface area (Å²) in [7, 11) is 0. The van der Waals surface area contributed by atoms with Gasteiger partial charge < -0.3 is 4.90 Å². The number of carbonyl (C=O) groups is 1. The first-order valence-electron chi connectivity index (χ1n) is 10.5. The van der Waals surface area contributed by atoms with Crippen molar-refractivity contribution in [1.82, 2.24) is 25.1 Å². The van der Waals surface area contributed by atoms with Crippen LogP contribution >= 0.6 is 0 Å². The number of likely N-dealkylation sites (tertiary alicyclic amines) is 1. The van der Waals surface area contributed by atoms with E-state index in [4.69, 9.17) is 0 Å². The molecule has 0 saturated carbocycles. The molecule has 0 spiro atoms. The van der Waals surface area contributed by atoms with Gasteiger partial charge in [0.1, 0.15) is 11.3 Å². The number of nitrogens with zero attached hydrogens (tertiary/aromatic N) is 3. The van der Waals surface area contributed by atoms with E-state index in [0.29, 0.717) is 23.6 Å². The van der Waals surface area contributed by atoms with E-state index in [-0.39, 0.29) is 5.91 Å². The number of hydrogen-bond donors (Lipinski definition) is 2. The van der Waals surface area contributed by atoms with E-state index in [1.54, 1.807) is 6.20 Å². The van der Waals surface area contributed by atoms with Gasteiger partial charge in [-0.25, -0.2) is 4.98 Å². The molecular weight excluding hydrogens is 362 g/mol. The van der Waals surface area contributed by atoms with Crippen LogP contribution in [0.1, 0.15) is 28.9 Å². The summed E-state index contributed by atoms with van der Waals surface area (Å²) in [6.07, 6.45) is 6.87. The van der Waals surface area contributed by atoms with Gasteiger partial charge in [0.05, 0.1) is 6.20 Å². The van der Waals surface area contributed by atoms with Crippen LogP contribution in [-0.4, -0.2) is 45.9 Å². The van der Waals surface area contributed by atoms with Crippen LogP contribution in [0.4, 0.5) is 0 Å². The van der Waals surface area contributed by atoms with E-state index in [1.807, 2.05) is 33.7 Å². The number of amides is 1. The Balaban J connectivity index is 1.30. The van der Waals surface area contributed by atoms with Crippen molar-refractivity contribution in [2.24, 2.45) is 11.8 Å². The summed E-state index contributed by atoms with van der Waals surface area (Å²) in [4.78, 5) is 19.6. The van der Waals surface area contributed by atoms with Gasteiger partial charge in [-0.3, -0.25) is 20.0 Å². The zero-order valence-electron chi connectivity index (χ0n) is 16.5. The first-order chi connectivity index (χ1) is 14.3. The average molecular weight is 390 g/mol. The molecule has 2 aliphatic heterocycles. The second-order valence-corrected chi connectivity index (χ2v) is 8.23. The standard InChI is InChI=1S/C23H27N5O/c29-23(20-15-24-21-10-4-5-12-28(20)21)27-11-6-9-18(16-27)22-19(14-25-26-22)13-17-7-2-1-3-8-17/h1-5,7-8,10,12,15,18-19,22,25-26H,6,9,11,13-14,16H2. The molecule has 2 aliphatic rings. The summed E-state index contributed by atoms with van der Waals surface area (Å²) in [6, 6.07) is 16.9. The molecule has 150 valence electrons. The minimum absolute atomic E-state index is 0.0824. The quantitative estimate of drug-likeness (QED) is 0.720. The van der Waals surface area contributed by atoms with Gasteiger partial charge in [-0.05, 0) is 48.8 Å². The number of carbonyl (C=O) groups excluding carboxylic acids is 1. The topological polar surface area (TPSA) is 61.7 Å². The van der Waals surface area contributed by atoms with Gasteiger partial charge >= 0.3 is 0 Å². The van der Waals surface area contributed by atoms with Crippen molar-refractivity contribution in [1.29, 1.82) is 0 Å². The molecule has 3 aromatic rings. The molecule has 0 bridgehead atoms. The maximum atomic E-state index is 13.2. The summed E-state index contributed by atoms with van der Waals surface area (Å²) in [5.74, 6) is 1.07. The fraction of sp³-hybridized carbons (Fsp3) is 0.391. The Morgan fingerprint density at radius 2 is 2.00 bits per heavy atom. The molecule has 2 N–H and O–H groups in total. The van der Waals surface area contributed by atoms with Gasteiger partial charge in [0.15, 0.2) is 0 Å². The Hall–Kier alpha value is -2.70. The molecule has 6 nitrogen and oxygen atoms in total. The molecule has 3 unspecified atom stereocenters. The van der Waals surface area contributed by atoms with Gasteiger partial charge in [-0.15, -0.1) is 0 Å². The Bertz CT molecular complexity index is 985. The van der Waals surface area contributed by atoms with E-state index < -0.39 is 0 Å².